The maximum atomic E-state index is 6.66. The smallest absolute Gasteiger partial charge is 0.163 e. The van der Waals surface area contributed by atoms with E-state index in [9.17, 15) is 0 Å². The number of methoxy groups -OCH3 is 1. The fourth-order valence-corrected chi connectivity index (χ4v) is 7.07. The highest BCUT2D eigenvalue weighted by atomic mass is 35.5. The van der Waals surface area contributed by atoms with E-state index in [0.717, 1.165) is 35.4 Å². The van der Waals surface area contributed by atoms with Gasteiger partial charge in [0.25, 0.3) is 0 Å². The van der Waals surface area contributed by atoms with E-state index in [4.69, 9.17) is 44.3 Å². The lowest BCUT2D eigenvalue weighted by Gasteiger charge is -2.57. The Balaban J connectivity index is 1.28. The molecule has 31 heavy (non-hydrogen) atoms. The van der Waals surface area contributed by atoms with E-state index >= 15 is 0 Å². The Kier molecular flexibility index (Phi) is 6.07. The predicted octanol–water partition coefficient (Wildman–Crippen LogP) is 7.29. The minimum absolute atomic E-state index is 0.297. The summed E-state index contributed by atoms with van der Waals surface area (Å²) in [6.07, 6.45) is 8.28. The van der Waals surface area contributed by atoms with Crippen molar-refractivity contribution in [2.75, 3.05) is 7.11 Å². The lowest BCUT2D eigenvalue weighted by atomic mass is 9.53. The normalized spacial score (nSPS) is 28.7. The van der Waals surface area contributed by atoms with E-state index in [1.54, 1.807) is 19.2 Å². The summed E-state index contributed by atoms with van der Waals surface area (Å²) >= 11 is 18.9. The zero-order valence-corrected chi connectivity index (χ0v) is 20.0. The van der Waals surface area contributed by atoms with Crippen molar-refractivity contribution in [1.29, 1.82) is 0 Å². The average Bonchev–Trinajstić information content (AvgIpc) is 2.71. The average molecular weight is 481 g/mol. The van der Waals surface area contributed by atoms with E-state index in [1.807, 2.05) is 18.2 Å². The topological polar surface area (TPSA) is 30.5 Å². The molecule has 2 aromatic carbocycles. The molecule has 4 aliphatic carbocycles. The highest BCUT2D eigenvalue weighted by Crippen LogP contribution is 2.55. The van der Waals surface area contributed by atoms with Crippen LogP contribution in [0.2, 0.25) is 15.1 Å². The minimum Gasteiger partial charge on any atom is -0.493 e. The van der Waals surface area contributed by atoms with Crippen molar-refractivity contribution < 1.29 is 9.47 Å². The Morgan fingerprint density at radius 3 is 2.13 bits per heavy atom. The van der Waals surface area contributed by atoms with Gasteiger partial charge in [-0.3, -0.25) is 0 Å². The van der Waals surface area contributed by atoms with Crippen LogP contribution in [0.1, 0.15) is 49.7 Å². The number of hydrogen-bond acceptors (Lipinski definition) is 3. The van der Waals surface area contributed by atoms with Crippen molar-refractivity contribution in [3.8, 4) is 11.5 Å². The van der Waals surface area contributed by atoms with Gasteiger partial charge in [0.05, 0.1) is 7.11 Å². The van der Waals surface area contributed by atoms with Gasteiger partial charge in [-0.25, -0.2) is 0 Å². The van der Waals surface area contributed by atoms with Crippen LogP contribution in [-0.2, 0) is 13.2 Å². The first kappa shape index (κ1) is 21.7. The number of nitrogens with one attached hydrogen (secondary N) is 1. The summed E-state index contributed by atoms with van der Waals surface area (Å²) in [4.78, 5) is 0. The van der Waals surface area contributed by atoms with Gasteiger partial charge in [-0.1, -0.05) is 40.9 Å². The standard InChI is InChI=1S/C25H28Cl3NO2/c1-30-23-7-19(13-29-25-10-15-4-16(11-25)6-17(5-15)12-25)22(28)9-24(23)31-14-18-2-3-20(26)8-21(18)27/h2-3,7-9,15-17,29H,4-6,10-14H2,1H3. The largest absolute Gasteiger partial charge is 0.493 e. The summed E-state index contributed by atoms with van der Waals surface area (Å²) in [5, 5.41) is 5.78. The summed E-state index contributed by atoms with van der Waals surface area (Å²) in [6, 6.07) is 9.22. The monoisotopic (exact) mass is 479 g/mol. The minimum atomic E-state index is 0.297. The van der Waals surface area contributed by atoms with Gasteiger partial charge in [-0.15, -0.1) is 0 Å². The molecule has 0 aromatic heterocycles. The number of benzene rings is 2. The molecule has 166 valence electrons. The van der Waals surface area contributed by atoms with E-state index in [1.165, 1.54) is 38.5 Å². The molecule has 1 N–H and O–H groups in total. The zero-order valence-electron chi connectivity index (χ0n) is 17.7. The maximum Gasteiger partial charge on any atom is 0.163 e. The third kappa shape index (κ3) is 4.53. The molecule has 6 rings (SSSR count). The van der Waals surface area contributed by atoms with Gasteiger partial charge in [0, 0.05) is 38.8 Å². The van der Waals surface area contributed by atoms with Crippen molar-refractivity contribution >= 4 is 34.8 Å². The van der Waals surface area contributed by atoms with Crippen molar-refractivity contribution in [3.05, 3.63) is 56.5 Å². The van der Waals surface area contributed by atoms with Gasteiger partial charge in [0.2, 0.25) is 0 Å². The summed E-state index contributed by atoms with van der Waals surface area (Å²) in [7, 11) is 1.65. The van der Waals surface area contributed by atoms with E-state index in [0.29, 0.717) is 38.7 Å². The summed E-state index contributed by atoms with van der Waals surface area (Å²) < 4.78 is 11.6. The van der Waals surface area contributed by atoms with Crippen LogP contribution in [0.4, 0.5) is 0 Å². The lowest BCUT2D eigenvalue weighted by Crippen LogP contribution is -2.58. The second-order valence-electron chi connectivity index (χ2n) is 9.67. The molecule has 3 nitrogen and oxygen atoms in total. The molecule has 6 heteroatoms. The fourth-order valence-electron chi connectivity index (χ4n) is 6.39. The first-order chi connectivity index (χ1) is 14.9. The second-order valence-corrected chi connectivity index (χ2v) is 10.9. The van der Waals surface area contributed by atoms with Crippen LogP contribution in [0, 0.1) is 17.8 Å². The highest BCUT2D eigenvalue weighted by molar-refractivity contribution is 6.35. The van der Waals surface area contributed by atoms with Gasteiger partial charge in [0.1, 0.15) is 6.61 Å². The van der Waals surface area contributed by atoms with Crippen molar-refractivity contribution in [1.82, 2.24) is 5.32 Å². The van der Waals surface area contributed by atoms with Crippen LogP contribution in [0.5, 0.6) is 11.5 Å². The first-order valence-electron chi connectivity index (χ1n) is 11.1. The molecule has 4 aliphatic rings. The van der Waals surface area contributed by atoms with Crippen LogP contribution < -0.4 is 14.8 Å². The van der Waals surface area contributed by atoms with Crippen molar-refractivity contribution in [2.24, 2.45) is 17.8 Å². The van der Waals surface area contributed by atoms with Gasteiger partial charge >= 0.3 is 0 Å². The van der Waals surface area contributed by atoms with Crippen LogP contribution >= 0.6 is 34.8 Å². The third-order valence-corrected chi connectivity index (χ3v) is 8.36. The number of hydrogen-bond donors (Lipinski definition) is 1. The Bertz CT molecular complexity index is 942. The van der Waals surface area contributed by atoms with Crippen molar-refractivity contribution in [2.45, 2.75) is 57.2 Å². The maximum absolute atomic E-state index is 6.66. The molecule has 0 aliphatic heterocycles. The number of ether oxygens (including phenoxy) is 2. The van der Waals surface area contributed by atoms with Gasteiger partial charge < -0.3 is 14.8 Å². The fraction of sp³-hybridized carbons (Fsp3) is 0.520. The molecular formula is C25H28Cl3NO2. The molecule has 0 unspecified atom stereocenters. The molecule has 0 heterocycles. The molecule has 0 atom stereocenters. The Hall–Kier alpha value is -1.13. The van der Waals surface area contributed by atoms with E-state index in [2.05, 4.69) is 5.32 Å². The third-order valence-electron chi connectivity index (χ3n) is 7.42. The van der Waals surface area contributed by atoms with Gasteiger partial charge in [-0.05, 0) is 80.0 Å². The molecule has 0 saturated heterocycles. The number of halogens is 3. The van der Waals surface area contributed by atoms with Crippen molar-refractivity contribution in [3.63, 3.8) is 0 Å². The Morgan fingerprint density at radius 1 is 0.871 bits per heavy atom. The zero-order chi connectivity index (χ0) is 21.6. The van der Waals surface area contributed by atoms with E-state index < -0.39 is 0 Å². The van der Waals surface area contributed by atoms with Crippen LogP contribution in [0.15, 0.2) is 30.3 Å². The SMILES string of the molecule is COc1cc(CNC23CC4CC(CC(C4)C2)C3)c(Cl)cc1OCc1ccc(Cl)cc1Cl. The lowest BCUT2D eigenvalue weighted by molar-refractivity contribution is -0.0206. The van der Waals surface area contributed by atoms with Gasteiger partial charge in [0.15, 0.2) is 11.5 Å². The molecule has 0 radical (unpaired) electrons. The van der Waals surface area contributed by atoms with Gasteiger partial charge in [-0.2, -0.15) is 0 Å². The molecule has 0 amide bonds. The predicted molar refractivity (Wildman–Crippen MR) is 127 cm³/mol. The molecule has 0 spiro atoms. The van der Waals surface area contributed by atoms with Crippen LogP contribution in [0.3, 0.4) is 0 Å². The molecule has 4 saturated carbocycles. The summed E-state index contributed by atoms with van der Waals surface area (Å²) in [5.74, 6) is 4.03. The Labute approximate surface area is 199 Å². The molecule has 4 bridgehead atoms. The molecular weight excluding hydrogens is 453 g/mol. The first-order valence-corrected chi connectivity index (χ1v) is 12.2. The second kappa shape index (κ2) is 8.67. The number of rotatable bonds is 7. The summed E-state index contributed by atoms with van der Waals surface area (Å²) in [5.41, 5.74) is 2.20. The Morgan fingerprint density at radius 2 is 1.52 bits per heavy atom. The molecule has 2 aromatic rings. The molecule has 4 fully saturated rings. The highest BCUT2D eigenvalue weighted by Gasteiger charge is 2.50. The van der Waals surface area contributed by atoms with Crippen LogP contribution in [0.25, 0.3) is 0 Å². The van der Waals surface area contributed by atoms with E-state index in [-0.39, 0.29) is 0 Å². The van der Waals surface area contributed by atoms with Crippen LogP contribution in [-0.4, -0.2) is 12.6 Å². The quantitative estimate of drug-likeness (QED) is 0.451. The summed E-state index contributed by atoms with van der Waals surface area (Å²) in [6.45, 7) is 1.07.